The molecule has 0 bridgehead atoms. The van der Waals surface area contributed by atoms with Crippen molar-refractivity contribution in [1.29, 1.82) is 0 Å². The molecule has 0 fully saturated rings. The highest BCUT2D eigenvalue weighted by Gasteiger charge is 2.18. The van der Waals surface area contributed by atoms with Crippen LogP contribution >= 0.6 is 0 Å². The molecule has 0 aliphatic rings. The molecule has 89 heavy (non-hydrogen) atoms. The number of rotatable bonds is 11. The molecule has 1 atom stereocenters. The molecule has 0 saturated carbocycles. The van der Waals surface area contributed by atoms with Crippen molar-refractivity contribution in [3.63, 3.8) is 0 Å². The van der Waals surface area contributed by atoms with Crippen LogP contribution in [0.25, 0.3) is 56.3 Å². The van der Waals surface area contributed by atoms with Crippen molar-refractivity contribution in [2.24, 2.45) is 41.2 Å². The number of hydrogen-bond donors (Lipinski definition) is 0. The van der Waals surface area contributed by atoms with Gasteiger partial charge in [-0.1, -0.05) is 115 Å². The molecule has 0 amide bonds. The molecule has 5 heterocycles. The summed E-state index contributed by atoms with van der Waals surface area (Å²) >= 11 is 0. The van der Waals surface area contributed by atoms with Crippen molar-refractivity contribution in [3.05, 3.63) is 266 Å². The first-order chi connectivity index (χ1) is 42.2. The van der Waals surface area contributed by atoms with E-state index in [-0.39, 0.29) is 0 Å². The summed E-state index contributed by atoms with van der Waals surface area (Å²) in [6.07, 6.45) is 14.3. The summed E-state index contributed by atoms with van der Waals surface area (Å²) in [5.41, 5.74) is 33.2. The highest BCUT2D eigenvalue weighted by molar-refractivity contribution is 5.65. The molecule has 0 spiro atoms. The minimum atomic E-state index is 0.588. The van der Waals surface area contributed by atoms with Gasteiger partial charge in [0.15, 0.2) is 31.0 Å². The SMILES string of the molecule is CCC(C)c1ccc(-c2ccc(C)c[n+]2C)c(C)c1.CCc1ccc(-c2ccc(C)c[n+]2C)c(C)c1.Cc1ccc(-c2ccc(C(C)C)cc2C)[n+](C)c1.Cc1ccc(-c2ccc(C)c[n+]2C)c(C)c1.Cc1ccc(-c2ccc(CC(C)C)cc2C)[n+](C)c1. The predicted molar refractivity (Wildman–Crippen MR) is 378 cm³/mol. The van der Waals surface area contributed by atoms with Crippen LogP contribution in [0.2, 0.25) is 0 Å². The smallest absolute Gasteiger partial charge is 0.201 e. The van der Waals surface area contributed by atoms with Crippen LogP contribution in [0.4, 0.5) is 0 Å². The van der Waals surface area contributed by atoms with Gasteiger partial charge in [0.2, 0.25) is 28.5 Å². The topological polar surface area (TPSA) is 19.4 Å². The second-order valence-corrected chi connectivity index (χ2v) is 26.2. The summed E-state index contributed by atoms with van der Waals surface area (Å²) in [4.78, 5) is 0. The monoisotopic (exact) mass is 1190 g/mol. The van der Waals surface area contributed by atoms with E-state index in [1.54, 1.807) is 0 Å². The fourth-order valence-corrected chi connectivity index (χ4v) is 11.9. The van der Waals surface area contributed by atoms with Crippen molar-refractivity contribution in [1.82, 2.24) is 0 Å². The van der Waals surface area contributed by atoms with Gasteiger partial charge in [-0.25, -0.2) is 22.8 Å². The molecule has 0 saturated heterocycles. The summed E-state index contributed by atoms with van der Waals surface area (Å²) in [6, 6.07) is 55.7. The highest BCUT2D eigenvalue weighted by Crippen LogP contribution is 2.29. The average Bonchev–Trinajstić information content (AvgIpc) is 2.21. The number of hydrogen-bond acceptors (Lipinski definition) is 0. The summed E-state index contributed by atoms with van der Waals surface area (Å²) < 4.78 is 11.0. The van der Waals surface area contributed by atoms with Gasteiger partial charge in [-0.3, -0.25) is 0 Å². The van der Waals surface area contributed by atoms with Gasteiger partial charge in [0.1, 0.15) is 35.2 Å². The van der Waals surface area contributed by atoms with Crippen LogP contribution in [0, 0.1) is 82.1 Å². The summed E-state index contributed by atoms with van der Waals surface area (Å²) in [7, 11) is 10.5. The van der Waals surface area contributed by atoms with Gasteiger partial charge in [0, 0.05) is 86.0 Å². The maximum atomic E-state index is 2.34. The fraction of sp³-hybridized carbons (Fsp3) is 0.345. The molecule has 5 aromatic carbocycles. The lowest BCUT2D eigenvalue weighted by atomic mass is 9.94. The second-order valence-electron chi connectivity index (χ2n) is 26.2. The first-order valence-electron chi connectivity index (χ1n) is 32.5. The van der Waals surface area contributed by atoms with E-state index in [0.29, 0.717) is 17.8 Å². The molecule has 0 radical (unpaired) electrons. The third-order valence-corrected chi connectivity index (χ3v) is 17.2. The predicted octanol–water partition coefficient (Wildman–Crippen LogP) is 18.7. The number of aromatic nitrogens is 5. The van der Waals surface area contributed by atoms with Crippen LogP contribution < -0.4 is 22.8 Å². The molecule has 1 unspecified atom stereocenters. The summed E-state index contributed by atoms with van der Waals surface area (Å²) in [5, 5.41) is 0. The Balaban J connectivity index is 0.000000178. The Morgan fingerprint density at radius 3 is 0.865 bits per heavy atom. The van der Waals surface area contributed by atoms with Gasteiger partial charge in [-0.15, -0.1) is 0 Å². The van der Waals surface area contributed by atoms with Crippen LogP contribution in [0.1, 0.15) is 150 Å². The number of aryl methyl sites for hydroxylation is 17. The van der Waals surface area contributed by atoms with Crippen LogP contribution in [0.5, 0.6) is 0 Å². The Hall–Kier alpha value is -8.15. The molecule has 5 nitrogen and oxygen atoms in total. The molecule has 10 rings (SSSR count). The van der Waals surface area contributed by atoms with E-state index in [4.69, 9.17) is 0 Å². The molecule has 464 valence electrons. The Bertz CT molecular complexity index is 3960. The zero-order valence-corrected chi connectivity index (χ0v) is 58.9. The lowest BCUT2D eigenvalue weighted by Crippen LogP contribution is -2.31. The van der Waals surface area contributed by atoms with E-state index in [1.807, 2.05) is 0 Å². The van der Waals surface area contributed by atoms with Crippen LogP contribution in [-0.2, 0) is 48.1 Å². The Labute approximate surface area is 539 Å². The van der Waals surface area contributed by atoms with Gasteiger partial charge in [0.25, 0.3) is 0 Å². The van der Waals surface area contributed by atoms with Crippen LogP contribution in [0.3, 0.4) is 0 Å². The first-order valence-corrected chi connectivity index (χ1v) is 32.5. The van der Waals surface area contributed by atoms with E-state index >= 15 is 0 Å². The van der Waals surface area contributed by atoms with Crippen molar-refractivity contribution in [2.45, 2.75) is 156 Å². The molecular formula is C84H108N5+5. The van der Waals surface area contributed by atoms with E-state index in [0.717, 1.165) is 12.8 Å². The Morgan fingerprint density at radius 1 is 0.292 bits per heavy atom. The molecular weight excluding hydrogens is 1080 g/mol. The lowest BCUT2D eigenvalue weighted by Gasteiger charge is -2.12. The maximum absolute atomic E-state index is 2.34. The second kappa shape index (κ2) is 32.4. The minimum absolute atomic E-state index is 0.588. The fourth-order valence-electron chi connectivity index (χ4n) is 11.9. The Kier molecular flexibility index (Phi) is 25.4. The zero-order chi connectivity index (χ0) is 65.4. The number of nitrogens with zero attached hydrogens (tertiary/aromatic N) is 5. The standard InChI is InChI=1S/2C18H24N.C17H22N.C16H20N.C15H18N/c1-13(2)10-16-7-8-17(15(4)11-16)18-9-6-14(3)12-19(18)5;1-6-14(3)16-8-9-17(15(4)11-16)18-10-7-13(2)12-19(18)5;1-12(2)15-7-8-16(14(4)10-15)17-9-6-13(3)11-18(17)5;1-5-14-7-8-15(13(3)10-14)16-9-6-12(2)11-17(16)4;1-11-5-7-14(13(3)9-11)15-8-6-12(2)10-16(15)4/h6-9,11-13H,10H2,1-5H3;7-12,14H,6H2,1-5H3;6-12H,1-5H3;6-11H,5H2,1-4H3;5-10H,1-4H3/q5*+1. The maximum Gasteiger partial charge on any atom is 0.212 e. The van der Waals surface area contributed by atoms with E-state index in [1.165, 1.54) is 146 Å². The van der Waals surface area contributed by atoms with Crippen molar-refractivity contribution >= 4 is 0 Å². The highest BCUT2D eigenvalue weighted by atomic mass is 14.9. The molecule has 10 aromatic rings. The van der Waals surface area contributed by atoms with Gasteiger partial charge < -0.3 is 0 Å². The quantitative estimate of drug-likeness (QED) is 0.115. The largest absolute Gasteiger partial charge is 0.212 e. The van der Waals surface area contributed by atoms with Crippen LogP contribution in [-0.4, -0.2) is 0 Å². The van der Waals surface area contributed by atoms with Gasteiger partial charge in [0.05, 0.1) is 0 Å². The van der Waals surface area contributed by atoms with Crippen molar-refractivity contribution in [2.75, 3.05) is 0 Å². The third kappa shape index (κ3) is 19.4. The van der Waals surface area contributed by atoms with E-state index in [9.17, 15) is 0 Å². The van der Waals surface area contributed by atoms with Gasteiger partial charge in [-0.05, 0) is 224 Å². The average molecular weight is 1190 g/mol. The van der Waals surface area contributed by atoms with Crippen molar-refractivity contribution < 1.29 is 22.8 Å². The Morgan fingerprint density at radius 2 is 0.573 bits per heavy atom. The molecule has 0 aliphatic heterocycles. The third-order valence-electron chi connectivity index (χ3n) is 17.2. The normalized spacial score (nSPS) is 11.2. The number of benzene rings is 5. The molecule has 0 aliphatic carbocycles. The molecule has 5 aromatic heterocycles. The van der Waals surface area contributed by atoms with Gasteiger partial charge in [-0.2, -0.15) is 0 Å². The van der Waals surface area contributed by atoms with Crippen LogP contribution in [0.15, 0.2) is 183 Å². The van der Waals surface area contributed by atoms with E-state index in [2.05, 4.69) is 365 Å². The first kappa shape index (κ1) is 69.9. The van der Waals surface area contributed by atoms with Gasteiger partial charge >= 0.3 is 0 Å². The molecule has 5 heteroatoms. The number of pyridine rings is 5. The van der Waals surface area contributed by atoms with E-state index < -0.39 is 0 Å². The van der Waals surface area contributed by atoms with Crippen molar-refractivity contribution in [3.8, 4) is 56.3 Å². The summed E-state index contributed by atoms with van der Waals surface area (Å²) in [6.45, 7) is 39.5. The summed E-state index contributed by atoms with van der Waals surface area (Å²) in [5.74, 6) is 1.93. The zero-order valence-electron chi connectivity index (χ0n) is 58.9. The minimum Gasteiger partial charge on any atom is -0.201 e. The molecule has 0 N–H and O–H groups in total. The lowest BCUT2D eigenvalue weighted by molar-refractivity contribution is -0.660.